The predicted octanol–water partition coefficient (Wildman–Crippen LogP) is 5.23. The van der Waals surface area contributed by atoms with Gasteiger partial charge in [-0.2, -0.15) is 0 Å². The summed E-state index contributed by atoms with van der Waals surface area (Å²) in [6, 6.07) is 18.1. The van der Waals surface area contributed by atoms with E-state index < -0.39 is 0 Å². The first kappa shape index (κ1) is 22.9. The number of rotatable bonds is 7. The molecule has 0 spiro atoms. The summed E-state index contributed by atoms with van der Waals surface area (Å²) in [5.74, 6) is 2.61. The molecule has 0 unspecified atom stereocenters. The van der Waals surface area contributed by atoms with Crippen molar-refractivity contribution in [2.45, 2.75) is 63.6 Å². The maximum absolute atomic E-state index is 6.30. The lowest BCUT2D eigenvalue weighted by atomic mass is 9.91. The number of hydrogen-bond donors (Lipinski definition) is 1. The average molecular weight is 475 g/mol. The molecule has 1 N–H and O–H groups in total. The van der Waals surface area contributed by atoms with Crippen LogP contribution < -0.4 is 15.0 Å². The number of anilines is 1. The van der Waals surface area contributed by atoms with Crippen molar-refractivity contribution in [1.29, 1.82) is 0 Å². The molecule has 6 rings (SSSR count). The summed E-state index contributed by atoms with van der Waals surface area (Å²) in [5, 5.41) is 9.26. The van der Waals surface area contributed by atoms with Crippen molar-refractivity contribution in [2.24, 2.45) is 5.92 Å². The van der Waals surface area contributed by atoms with Crippen molar-refractivity contribution in [1.82, 2.24) is 15.4 Å². The lowest BCUT2D eigenvalue weighted by molar-refractivity contribution is 0.0726. The highest BCUT2D eigenvalue weighted by atomic mass is 16.5. The van der Waals surface area contributed by atoms with Crippen LogP contribution in [0.25, 0.3) is 11.0 Å². The highest BCUT2D eigenvalue weighted by Gasteiger charge is 2.34. The Kier molecular flexibility index (Phi) is 6.92. The van der Waals surface area contributed by atoms with Crippen LogP contribution in [-0.4, -0.2) is 54.9 Å². The van der Waals surface area contributed by atoms with Crippen LogP contribution in [0.5, 0.6) is 5.75 Å². The zero-order chi connectivity index (χ0) is 23.5. The molecule has 3 fully saturated rings. The van der Waals surface area contributed by atoms with Gasteiger partial charge in [0.2, 0.25) is 0 Å². The van der Waals surface area contributed by atoms with Crippen molar-refractivity contribution in [3.05, 3.63) is 54.1 Å². The van der Waals surface area contributed by atoms with Crippen LogP contribution in [-0.2, 0) is 6.54 Å². The Bertz CT molecular complexity index is 1110. The minimum Gasteiger partial charge on any atom is -0.493 e. The second-order valence-corrected chi connectivity index (χ2v) is 10.7. The summed E-state index contributed by atoms with van der Waals surface area (Å²) in [6.07, 6.45) is 9.22. The molecular formula is C29H38N4O2. The van der Waals surface area contributed by atoms with E-state index in [1.165, 1.54) is 50.5 Å². The maximum atomic E-state index is 6.30. The van der Waals surface area contributed by atoms with Crippen molar-refractivity contribution >= 4 is 16.8 Å². The number of nitrogens with zero attached hydrogens (tertiary/aromatic N) is 3. The molecule has 3 heterocycles. The molecule has 2 saturated heterocycles. The molecule has 6 heteroatoms. The van der Waals surface area contributed by atoms with Crippen molar-refractivity contribution in [2.75, 3.05) is 37.7 Å². The fourth-order valence-electron chi connectivity index (χ4n) is 6.22. The Labute approximate surface area is 208 Å². The van der Waals surface area contributed by atoms with Gasteiger partial charge in [0.25, 0.3) is 0 Å². The molecule has 35 heavy (non-hydrogen) atoms. The second-order valence-electron chi connectivity index (χ2n) is 10.7. The van der Waals surface area contributed by atoms with Crippen LogP contribution in [0.3, 0.4) is 0 Å². The van der Waals surface area contributed by atoms with E-state index in [1.807, 2.05) is 12.1 Å². The van der Waals surface area contributed by atoms with Crippen LogP contribution in [0.1, 0.15) is 50.5 Å². The summed E-state index contributed by atoms with van der Waals surface area (Å²) in [4.78, 5) is 5.08. The third-order valence-electron chi connectivity index (χ3n) is 8.25. The Morgan fingerprint density at radius 3 is 2.80 bits per heavy atom. The lowest BCUT2D eigenvalue weighted by Crippen LogP contribution is -2.57. The summed E-state index contributed by atoms with van der Waals surface area (Å²) >= 11 is 0. The monoisotopic (exact) mass is 474 g/mol. The fraction of sp³-hybridized carbons (Fsp3) is 0.552. The number of benzene rings is 2. The van der Waals surface area contributed by atoms with Gasteiger partial charge in [0.05, 0.1) is 12.0 Å². The number of hydrogen-bond acceptors (Lipinski definition) is 6. The maximum Gasteiger partial charge on any atom is 0.180 e. The normalized spacial score (nSPS) is 23.9. The standard InChI is InChI=1S/C29H38N4O2/c1-2-8-24(9-3-1)30-18-22-7-6-10-26(17-22)34-21-23-13-14-25-20-33(16-15-32(25)19-23)29-27-11-4-5-12-28(27)35-31-29/h4-7,10-12,17,23-25,30H,1-3,8-9,13-16,18-21H2/t23-,25+/m1/s1. The minimum absolute atomic E-state index is 0.588. The zero-order valence-electron chi connectivity index (χ0n) is 20.7. The molecule has 0 amide bonds. The Morgan fingerprint density at radius 2 is 1.86 bits per heavy atom. The first-order valence-electron chi connectivity index (χ1n) is 13.6. The number of nitrogens with one attached hydrogen (secondary N) is 1. The molecule has 1 aromatic heterocycles. The molecule has 0 radical (unpaired) electrons. The van der Waals surface area contributed by atoms with E-state index >= 15 is 0 Å². The van der Waals surface area contributed by atoms with Gasteiger partial charge >= 0.3 is 0 Å². The van der Waals surface area contributed by atoms with E-state index in [0.29, 0.717) is 18.0 Å². The summed E-state index contributed by atoms with van der Waals surface area (Å²) in [5.41, 5.74) is 2.20. The van der Waals surface area contributed by atoms with Gasteiger partial charge in [0.1, 0.15) is 5.75 Å². The van der Waals surface area contributed by atoms with Crippen LogP contribution >= 0.6 is 0 Å². The molecule has 1 aliphatic carbocycles. The fourth-order valence-corrected chi connectivity index (χ4v) is 6.22. The number of para-hydroxylation sites is 1. The van der Waals surface area contributed by atoms with E-state index in [0.717, 1.165) is 61.9 Å². The predicted molar refractivity (Wildman–Crippen MR) is 140 cm³/mol. The van der Waals surface area contributed by atoms with E-state index in [-0.39, 0.29) is 0 Å². The van der Waals surface area contributed by atoms with Gasteiger partial charge in [-0.1, -0.05) is 48.7 Å². The van der Waals surface area contributed by atoms with E-state index in [9.17, 15) is 0 Å². The topological polar surface area (TPSA) is 53.8 Å². The van der Waals surface area contributed by atoms with E-state index in [4.69, 9.17) is 9.26 Å². The molecule has 6 nitrogen and oxygen atoms in total. The van der Waals surface area contributed by atoms with Crippen molar-refractivity contribution in [3.8, 4) is 5.75 Å². The average Bonchev–Trinajstić information content (AvgIpc) is 3.35. The molecular weight excluding hydrogens is 436 g/mol. The van der Waals surface area contributed by atoms with Crippen molar-refractivity contribution in [3.63, 3.8) is 0 Å². The third kappa shape index (κ3) is 5.34. The first-order chi connectivity index (χ1) is 17.3. The van der Waals surface area contributed by atoms with Gasteiger partial charge in [-0.25, -0.2) is 0 Å². The highest BCUT2D eigenvalue weighted by molar-refractivity contribution is 5.88. The summed E-state index contributed by atoms with van der Waals surface area (Å²) < 4.78 is 11.9. The molecule has 0 bridgehead atoms. The number of piperazine rings is 1. The Balaban J connectivity index is 0.988. The smallest absolute Gasteiger partial charge is 0.180 e. The third-order valence-corrected chi connectivity index (χ3v) is 8.25. The molecule has 2 aliphatic heterocycles. The highest BCUT2D eigenvalue weighted by Crippen LogP contribution is 2.31. The minimum atomic E-state index is 0.588. The van der Waals surface area contributed by atoms with E-state index in [2.05, 4.69) is 56.7 Å². The molecule has 3 aliphatic rings. The SMILES string of the molecule is c1cc(CNC2CCCCC2)cc(OC[C@@H]2CC[C@H]3CN(c4noc5ccccc45)CCN3C2)c1. The zero-order valence-corrected chi connectivity index (χ0v) is 20.7. The van der Waals surface area contributed by atoms with Gasteiger partial charge < -0.3 is 19.5 Å². The summed E-state index contributed by atoms with van der Waals surface area (Å²) in [6.45, 7) is 5.97. The Hall–Kier alpha value is -2.57. The molecule has 2 atom stereocenters. The van der Waals surface area contributed by atoms with Crippen molar-refractivity contribution < 1.29 is 9.26 Å². The summed E-state index contributed by atoms with van der Waals surface area (Å²) in [7, 11) is 0. The van der Waals surface area contributed by atoms with Crippen LogP contribution in [0.4, 0.5) is 5.82 Å². The number of ether oxygens (including phenoxy) is 1. The van der Waals surface area contributed by atoms with Crippen LogP contribution in [0.2, 0.25) is 0 Å². The van der Waals surface area contributed by atoms with Gasteiger partial charge in [0, 0.05) is 50.7 Å². The van der Waals surface area contributed by atoms with Gasteiger partial charge in [-0.05, 0) is 55.5 Å². The molecule has 1 saturated carbocycles. The molecule has 186 valence electrons. The van der Waals surface area contributed by atoms with Gasteiger partial charge in [0.15, 0.2) is 11.4 Å². The number of piperidine rings is 1. The van der Waals surface area contributed by atoms with Crippen LogP contribution in [0, 0.1) is 5.92 Å². The quantitative estimate of drug-likeness (QED) is 0.506. The first-order valence-corrected chi connectivity index (χ1v) is 13.6. The number of aromatic nitrogens is 1. The van der Waals surface area contributed by atoms with E-state index in [1.54, 1.807) is 0 Å². The van der Waals surface area contributed by atoms with Crippen LogP contribution in [0.15, 0.2) is 53.1 Å². The van der Waals surface area contributed by atoms with Gasteiger partial charge in [-0.15, -0.1) is 0 Å². The largest absolute Gasteiger partial charge is 0.493 e. The Morgan fingerprint density at radius 1 is 0.943 bits per heavy atom. The number of fused-ring (bicyclic) bond motifs is 2. The molecule has 2 aromatic carbocycles. The molecule has 3 aromatic rings. The second kappa shape index (κ2) is 10.6. The lowest BCUT2D eigenvalue weighted by Gasteiger charge is -2.46. The van der Waals surface area contributed by atoms with Gasteiger partial charge in [-0.3, -0.25) is 4.90 Å².